The van der Waals surface area contributed by atoms with Crippen LogP contribution in [-0.2, 0) is 11.2 Å². The number of carbonyl (C=O) groups is 1. The van der Waals surface area contributed by atoms with E-state index in [-0.39, 0.29) is 12.1 Å². The van der Waals surface area contributed by atoms with E-state index in [1.54, 1.807) is 4.57 Å². The van der Waals surface area contributed by atoms with Gasteiger partial charge >= 0.3 is 6.09 Å². The van der Waals surface area contributed by atoms with Crippen molar-refractivity contribution in [3.63, 3.8) is 0 Å². The maximum absolute atomic E-state index is 13.1. The summed E-state index contributed by atoms with van der Waals surface area (Å²) in [5.41, 5.74) is 2.70. The molecular formula is C22H28IN2O2. The fourth-order valence-electron chi connectivity index (χ4n) is 3.82. The zero-order valence-corrected chi connectivity index (χ0v) is 18.7. The van der Waals surface area contributed by atoms with Gasteiger partial charge in [0.15, 0.2) is 0 Å². The van der Waals surface area contributed by atoms with Crippen molar-refractivity contribution in [2.24, 2.45) is 0 Å². The van der Waals surface area contributed by atoms with Crippen molar-refractivity contribution in [3.8, 4) is 0 Å². The Labute approximate surface area is 175 Å². The van der Waals surface area contributed by atoms with E-state index < -0.39 is 5.60 Å². The normalized spacial score (nSPS) is 18.6. The van der Waals surface area contributed by atoms with Gasteiger partial charge in [-0.05, 0) is 74.8 Å². The number of halogens is 1. The van der Waals surface area contributed by atoms with Crippen molar-refractivity contribution in [3.05, 3.63) is 52.1 Å². The lowest BCUT2D eigenvalue weighted by molar-refractivity contribution is 0.0527. The third-order valence-corrected chi connectivity index (χ3v) is 5.91. The quantitative estimate of drug-likeness (QED) is 0.516. The number of allylic oxidation sites excluding steroid dienone is 1. The van der Waals surface area contributed by atoms with Gasteiger partial charge in [-0.15, -0.1) is 0 Å². The first kappa shape index (κ1) is 20.4. The molecular weight excluding hydrogens is 451 g/mol. The second kappa shape index (κ2) is 7.95. The van der Waals surface area contributed by atoms with Crippen LogP contribution in [0.15, 0.2) is 33.9 Å². The van der Waals surface area contributed by atoms with E-state index in [2.05, 4.69) is 53.5 Å². The molecule has 0 aliphatic carbocycles. The molecule has 4 nitrogen and oxygen atoms in total. The molecule has 1 unspecified atom stereocenters. The molecule has 27 heavy (non-hydrogen) atoms. The maximum Gasteiger partial charge on any atom is 0.419 e. The van der Waals surface area contributed by atoms with Gasteiger partial charge in [0, 0.05) is 22.1 Å². The van der Waals surface area contributed by atoms with Crippen molar-refractivity contribution in [2.75, 3.05) is 13.1 Å². The maximum atomic E-state index is 13.1. The summed E-state index contributed by atoms with van der Waals surface area (Å²) in [6.45, 7) is 13.8. The molecule has 145 valence electrons. The Balaban J connectivity index is 2.16. The number of rotatable bonds is 3. The van der Waals surface area contributed by atoms with E-state index in [4.69, 9.17) is 4.74 Å². The minimum absolute atomic E-state index is 0.0957. The van der Waals surface area contributed by atoms with E-state index in [9.17, 15) is 4.79 Å². The molecule has 5 heteroatoms. The molecule has 0 N–H and O–H groups in total. The number of nitrogens with zero attached hydrogens (tertiary/aromatic N) is 2. The molecule has 0 amide bonds. The summed E-state index contributed by atoms with van der Waals surface area (Å²) in [6.07, 6.45) is 3.47. The molecule has 1 aromatic carbocycles. The lowest BCUT2D eigenvalue weighted by atomic mass is 9.95. The first-order valence-electron chi connectivity index (χ1n) is 9.46. The number of hydrogen-bond acceptors (Lipinski definition) is 3. The zero-order chi connectivity index (χ0) is 19.8. The molecule has 0 bridgehead atoms. The molecule has 1 aromatic heterocycles. The van der Waals surface area contributed by atoms with Crippen LogP contribution < -0.4 is 0 Å². The highest BCUT2D eigenvalue weighted by molar-refractivity contribution is 14.1. The van der Waals surface area contributed by atoms with Crippen molar-refractivity contribution < 1.29 is 9.53 Å². The number of fused-ring (bicyclic) bond motifs is 3. The molecule has 0 spiro atoms. The first-order chi connectivity index (χ1) is 12.8. The summed E-state index contributed by atoms with van der Waals surface area (Å²) < 4.78 is 8.85. The van der Waals surface area contributed by atoms with E-state index >= 15 is 0 Å². The molecule has 3 rings (SSSR count). The fourth-order valence-corrected chi connectivity index (χ4v) is 4.26. The Morgan fingerprint density at radius 3 is 2.70 bits per heavy atom. The third kappa shape index (κ3) is 4.09. The summed E-state index contributed by atoms with van der Waals surface area (Å²) in [5.74, 6) is 0. The highest BCUT2D eigenvalue weighted by Gasteiger charge is 2.34. The molecule has 0 saturated carbocycles. The topological polar surface area (TPSA) is 34.5 Å². The number of hydrogen-bond donors (Lipinski definition) is 0. The summed E-state index contributed by atoms with van der Waals surface area (Å²) in [6, 6.07) is 8.24. The van der Waals surface area contributed by atoms with E-state index in [1.807, 2.05) is 39.0 Å². The highest BCUT2D eigenvalue weighted by atomic mass is 127. The lowest BCUT2D eigenvalue weighted by Crippen LogP contribution is -2.38. The summed E-state index contributed by atoms with van der Waals surface area (Å²) >= 11 is 2.39. The second-order valence-corrected chi connectivity index (χ2v) is 9.34. The molecule has 0 saturated heterocycles. The Morgan fingerprint density at radius 2 is 2.07 bits per heavy atom. The molecule has 1 aliphatic heterocycles. The van der Waals surface area contributed by atoms with Crippen LogP contribution in [0.3, 0.4) is 0 Å². The SMILES string of the molecule is [CH2]CC1c2c(c3ccccc3n2C(=O)OC(C)(C)C)CCN1CC(I)=CC. The molecule has 0 fully saturated rings. The summed E-state index contributed by atoms with van der Waals surface area (Å²) in [7, 11) is 0. The van der Waals surface area contributed by atoms with Crippen LogP contribution in [0.2, 0.25) is 0 Å². The lowest BCUT2D eigenvalue weighted by Gasteiger charge is -2.36. The largest absolute Gasteiger partial charge is 0.443 e. The van der Waals surface area contributed by atoms with Crippen LogP contribution in [0.4, 0.5) is 4.79 Å². The fraction of sp³-hybridized carbons (Fsp3) is 0.455. The number of carbonyl (C=O) groups excluding carboxylic acids is 1. The monoisotopic (exact) mass is 479 g/mol. The summed E-state index contributed by atoms with van der Waals surface area (Å²) in [4.78, 5) is 15.6. The third-order valence-electron chi connectivity index (χ3n) is 4.94. The predicted octanol–water partition coefficient (Wildman–Crippen LogP) is 5.89. The van der Waals surface area contributed by atoms with Crippen LogP contribution in [-0.4, -0.2) is 34.3 Å². The Bertz CT molecular complexity index is 876. The second-order valence-electron chi connectivity index (χ2n) is 7.96. The predicted molar refractivity (Wildman–Crippen MR) is 119 cm³/mol. The van der Waals surface area contributed by atoms with Crippen LogP contribution in [0.5, 0.6) is 0 Å². The molecule has 2 heterocycles. The number of benzene rings is 1. The van der Waals surface area contributed by atoms with Crippen molar-refractivity contribution in [1.29, 1.82) is 0 Å². The molecule has 1 radical (unpaired) electrons. The van der Waals surface area contributed by atoms with Gasteiger partial charge in [-0.3, -0.25) is 4.90 Å². The molecule has 2 aromatic rings. The van der Waals surface area contributed by atoms with Crippen molar-refractivity contribution >= 4 is 39.6 Å². The van der Waals surface area contributed by atoms with Gasteiger partial charge in [-0.25, -0.2) is 9.36 Å². The van der Waals surface area contributed by atoms with Gasteiger partial charge < -0.3 is 4.74 Å². The van der Waals surface area contributed by atoms with E-state index in [0.717, 1.165) is 36.1 Å². The Kier molecular flexibility index (Phi) is 6.01. The highest BCUT2D eigenvalue weighted by Crippen LogP contribution is 2.39. The van der Waals surface area contributed by atoms with Gasteiger partial charge in [0.25, 0.3) is 0 Å². The first-order valence-corrected chi connectivity index (χ1v) is 10.5. The van der Waals surface area contributed by atoms with Gasteiger partial charge in [-0.1, -0.05) is 31.2 Å². The van der Waals surface area contributed by atoms with Crippen LogP contribution in [0.25, 0.3) is 10.9 Å². The minimum Gasteiger partial charge on any atom is -0.443 e. The number of aromatic nitrogens is 1. The van der Waals surface area contributed by atoms with Gasteiger partial charge in [0.1, 0.15) is 5.60 Å². The molecule has 1 atom stereocenters. The van der Waals surface area contributed by atoms with Crippen LogP contribution in [0, 0.1) is 6.92 Å². The molecule has 1 aliphatic rings. The van der Waals surface area contributed by atoms with E-state index in [1.165, 1.54) is 9.14 Å². The van der Waals surface area contributed by atoms with Gasteiger partial charge in [0.05, 0.1) is 17.3 Å². The Hall–Kier alpha value is -1.34. The number of ether oxygens (including phenoxy) is 1. The van der Waals surface area contributed by atoms with Crippen molar-refractivity contribution in [1.82, 2.24) is 9.47 Å². The van der Waals surface area contributed by atoms with Crippen LogP contribution >= 0.6 is 22.6 Å². The Morgan fingerprint density at radius 1 is 1.37 bits per heavy atom. The zero-order valence-electron chi connectivity index (χ0n) is 16.6. The van der Waals surface area contributed by atoms with Crippen LogP contribution in [0.1, 0.15) is 51.4 Å². The smallest absolute Gasteiger partial charge is 0.419 e. The van der Waals surface area contributed by atoms with Gasteiger partial charge in [-0.2, -0.15) is 0 Å². The summed E-state index contributed by atoms with van der Waals surface area (Å²) in [5, 5.41) is 1.15. The average molecular weight is 479 g/mol. The van der Waals surface area contributed by atoms with Crippen molar-refractivity contribution in [2.45, 2.75) is 52.2 Å². The minimum atomic E-state index is -0.538. The van der Waals surface area contributed by atoms with Gasteiger partial charge in [0.2, 0.25) is 0 Å². The average Bonchev–Trinajstić information content (AvgIpc) is 2.94. The standard InChI is InChI=1S/C22H28IN2O2/c1-6-15(23)14-24-13-12-17-16-10-8-9-11-19(16)25(20(17)18(24)7-2)21(26)27-22(3,4)5/h6,8-11,18H,2,7,12-14H2,1,3-5H3. The van der Waals surface area contributed by atoms with E-state index in [0.29, 0.717) is 6.42 Å². The number of para-hydroxylation sites is 1.